The van der Waals surface area contributed by atoms with E-state index in [4.69, 9.17) is 9.84 Å². The minimum Gasteiger partial charge on any atom is -0.481 e. The van der Waals surface area contributed by atoms with Crippen molar-refractivity contribution < 1.29 is 19.4 Å². The van der Waals surface area contributed by atoms with Crippen LogP contribution in [0.3, 0.4) is 0 Å². The molecule has 20 heavy (non-hydrogen) atoms. The zero-order valence-corrected chi connectivity index (χ0v) is 11.1. The van der Waals surface area contributed by atoms with Crippen LogP contribution < -0.4 is 5.32 Å². The van der Waals surface area contributed by atoms with Crippen LogP contribution in [0, 0.1) is 0 Å². The number of aliphatic carboxylic acids is 1. The molecule has 0 radical (unpaired) electrons. The highest BCUT2D eigenvalue weighted by Gasteiger charge is 2.25. The number of carbonyl (C=O) groups excluding carboxylic acids is 1. The minimum atomic E-state index is -0.873. The first kappa shape index (κ1) is 14.3. The van der Waals surface area contributed by atoms with Gasteiger partial charge in [0.05, 0.1) is 6.42 Å². The second kappa shape index (κ2) is 6.91. The molecule has 0 aliphatic carbocycles. The Labute approximate surface area is 117 Å². The fourth-order valence-corrected chi connectivity index (χ4v) is 2.15. The largest absolute Gasteiger partial charge is 0.481 e. The van der Waals surface area contributed by atoms with Crippen molar-refractivity contribution in [2.75, 3.05) is 19.6 Å². The highest BCUT2D eigenvalue weighted by Crippen LogP contribution is 2.07. The van der Waals surface area contributed by atoms with E-state index in [2.05, 4.69) is 5.32 Å². The molecule has 2 rings (SSSR count). The van der Waals surface area contributed by atoms with Crippen LogP contribution in [0.1, 0.15) is 12.0 Å². The van der Waals surface area contributed by atoms with Crippen molar-refractivity contribution in [3.63, 3.8) is 0 Å². The molecule has 1 amide bonds. The molecule has 0 bridgehead atoms. The van der Waals surface area contributed by atoms with Crippen LogP contribution >= 0.6 is 0 Å². The van der Waals surface area contributed by atoms with Gasteiger partial charge in [0.1, 0.15) is 6.61 Å². The molecule has 2 N–H and O–H groups in total. The predicted molar refractivity (Wildman–Crippen MR) is 72.2 cm³/mol. The van der Waals surface area contributed by atoms with Gasteiger partial charge >= 0.3 is 12.1 Å². The second-order valence-electron chi connectivity index (χ2n) is 4.74. The number of nitrogens with zero attached hydrogens (tertiary/aromatic N) is 1. The third-order valence-electron chi connectivity index (χ3n) is 3.14. The first-order valence-corrected chi connectivity index (χ1v) is 6.56. The Hall–Kier alpha value is -2.08. The molecule has 108 valence electrons. The topological polar surface area (TPSA) is 78.9 Å². The number of carboxylic acid groups (broad SMARTS) is 1. The molecule has 1 aromatic rings. The lowest BCUT2D eigenvalue weighted by atomic mass is 10.1. The molecule has 1 aromatic carbocycles. The number of nitrogens with one attached hydrogen (secondary N) is 1. The first-order chi connectivity index (χ1) is 9.65. The molecular formula is C14H18N2O4. The Morgan fingerprint density at radius 3 is 2.80 bits per heavy atom. The molecule has 1 atom stereocenters. The van der Waals surface area contributed by atoms with Crippen LogP contribution in [0.25, 0.3) is 0 Å². The predicted octanol–water partition coefficient (Wildman–Crippen LogP) is 1.07. The molecule has 1 aliphatic rings. The molecule has 6 nitrogen and oxygen atoms in total. The molecule has 0 spiro atoms. The number of ether oxygens (including phenoxy) is 1. The molecule has 1 unspecified atom stereocenters. The molecule has 1 fully saturated rings. The van der Waals surface area contributed by atoms with Crippen molar-refractivity contribution in [1.29, 1.82) is 0 Å². The summed E-state index contributed by atoms with van der Waals surface area (Å²) < 4.78 is 5.23. The van der Waals surface area contributed by atoms with E-state index in [0.717, 1.165) is 5.56 Å². The molecule has 1 heterocycles. The summed E-state index contributed by atoms with van der Waals surface area (Å²) in [4.78, 5) is 24.2. The SMILES string of the molecule is O=C(O)CC1CN(C(=O)OCc2ccccc2)CCN1. The van der Waals surface area contributed by atoms with E-state index in [0.29, 0.717) is 19.6 Å². The van der Waals surface area contributed by atoms with Gasteiger partial charge in [-0.15, -0.1) is 0 Å². The summed E-state index contributed by atoms with van der Waals surface area (Å²) in [7, 11) is 0. The van der Waals surface area contributed by atoms with Gasteiger partial charge in [0.2, 0.25) is 0 Å². The van der Waals surface area contributed by atoms with E-state index in [1.165, 1.54) is 0 Å². The maximum absolute atomic E-state index is 11.9. The zero-order valence-electron chi connectivity index (χ0n) is 11.1. The van der Waals surface area contributed by atoms with Crippen molar-refractivity contribution in [2.45, 2.75) is 19.1 Å². The number of amides is 1. The fraction of sp³-hybridized carbons (Fsp3) is 0.429. The van der Waals surface area contributed by atoms with Gasteiger partial charge in [0.25, 0.3) is 0 Å². The quantitative estimate of drug-likeness (QED) is 0.861. The summed E-state index contributed by atoms with van der Waals surface area (Å²) in [6.45, 7) is 1.70. The van der Waals surface area contributed by atoms with E-state index >= 15 is 0 Å². The van der Waals surface area contributed by atoms with Gasteiger partial charge in [-0.3, -0.25) is 4.79 Å². The fourth-order valence-electron chi connectivity index (χ4n) is 2.15. The van der Waals surface area contributed by atoms with E-state index < -0.39 is 12.1 Å². The van der Waals surface area contributed by atoms with Gasteiger partial charge < -0.3 is 20.1 Å². The Morgan fingerprint density at radius 2 is 2.10 bits per heavy atom. The van der Waals surface area contributed by atoms with Crippen LogP contribution in [0.4, 0.5) is 4.79 Å². The number of rotatable bonds is 4. The van der Waals surface area contributed by atoms with E-state index in [1.807, 2.05) is 30.3 Å². The van der Waals surface area contributed by atoms with Gasteiger partial charge in [-0.1, -0.05) is 30.3 Å². The first-order valence-electron chi connectivity index (χ1n) is 6.56. The van der Waals surface area contributed by atoms with E-state index in [1.54, 1.807) is 4.90 Å². The van der Waals surface area contributed by atoms with Crippen LogP contribution in [0.5, 0.6) is 0 Å². The number of piperazine rings is 1. The molecule has 0 aromatic heterocycles. The molecule has 6 heteroatoms. The van der Waals surface area contributed by atoms with E-state index in [-0.39, 0.29) is 19.1 Å². The third kappa shape index (κ3) is 4.24. The average Bonchev–Trinajstić information content (AvgIpc) is 2.45. The smallest absolute Gasteiger partial charge is 0.410 e. The lowest BCUT2D eigenvalue weighted by molar-refractivity contribution is -0.137. The highest BCUT2D eigenvalue weighted by molar-refractivity contribution is 5.69. The number of carboxylic acids is 1. The van der Waals surface area contributed by atoms with Crippen molar-refractivity contribution in [1.82, 2.24) is 10.2 Å². The number of hydrogen-bond donors (Lipinski definition) is 2. The van der Waals surface area contributed by atoms with Crippen LogP contribution in [-0.4, -0.2) is 47.7 Å². The molecule has 1 aliphatic heterocycles. The summed E-state index contributed by atoms with van der Waals surface area (Å²) >= 11 is 0. The number of hydrogen-bond acceptors (Lipinski definition) is 4. The molecular weight excluding hydrogens is 260 g/mol. The molecule has 1 saturated heterocycles. The maximum atomic E-state index is 11.9. The normalized spacial score (nSPS) is 18.6. The lowest BCUT2D eigenvalue weighted by Crippen LogP contribution is -2.53. The van der Waals surface area contributed by atoms with Gasteiger partial charge in [0.15, 0.2) is 0 Å². The lowest BCUT2D eigenvalue weighted by Gasteiger charge is -2.32. The second-order valence-corrected chi connectivity index (χ2v) is 4.74. The highest BCUT2D eigenvalue weighted by atomic mass is 16.6. The van der Waals surface area contributed by atoms with Crippen LogP contribution in [0.2, 0.25) is 0 Å². The van der Waals surface area contributed by atoms with E-state index in [9.17, 15) is 9.59 Å². The summed E-state index contributed by atoms with van der Waals surface area (Å²) in [5.74, 6) is -0.873. The van der Waals surface area contributed by atoms with Gasteiger partial charge in [0, 0.05) is 25.7 Å². The van der Waals surface area contributed by atoms with Crippen molar-refractivity contribution in [2.24, 2.45) is 0 Å². The summed E-state index contributed by atoms with van der Waals surface area (Å²) in [5, 5.41) is 11.8. The average molecular weight is 278 g/mol. The van der Waals surface area contributed by atoms with Gasteiger partial charge in [-0.25, -0.2) is 4.79 Å². The standard InChI is InChI=1S/C14H18N2O4/c17-13(18)8-12-9-16(7-6-15-12)14(19)20-10-11-4-2-1-3-5-11/h1-5,12,15H,6-10H2,(H,17,18). The van der Waals surface area contributed by atoms with Crippen molar-refractivity contribution in [3.8, 4) is 0 Å². The minimum absolute atomic E-state index is 0.00245. The summed E-state index contributed by atoms with van der Waals surface area (Å²) in [5.41, 5.74) is 0.929. The third-order valence-corrected chi connectivity index (χ3v) is 3.14. The zero-order chi connectivity index (χ0) is 14.4. The number of carbonyl (C=O) groups is 2. The van der Waals surface area contributed by atoms with Crippen molar-refractivity contribution >= 4 is 12.1 Å². The summed E-state index contributed by atoms with van der Waals surface area (Å²) in [6.07, 6.45) is -0.395. The van der Waals surface area contributed by atoms with Crippen LogP contribution in [0.15, 0.2) is 30.3 Å². The Bertz CT molecular complexity index is 464. The number of benzene rings is 1. The van der Waals surface area contributed by atoms with Crippen LogP contribution in [-0.2, 0) is 16.1 Å². The van der Waals surface area contributed by atoms with Crippen molar-refractivity contribution in [3.05, 3.63) is 35.9 Å². The monoisotopic (exact) mass is 278 g/mol. The Kier molecular flexibility index (Phi) is 4.95. The van der Waals surface area contributed by atoms with Gasteiger partial charge in [-0.2, -0.15) is 0 Å². The Balaban J connectivity index is 1.81. The molecule has 0 saturated carbocycles. The maximum Gasteiger partial charge on any atom is 0.410 e. The van der Waals surface area contributed by atoms with Gasteiger partial charge in [-0.05, 0) is 5.56 Å². The Morgan fingerprint density at radius 1 is 1.35 bits per heavy atom. The summed E-state index contributed by atoms with van der Waals surface area (Å²) in [6, 6.07) is 9.23.